The number of nitrogens with zero attached hydrogens (tertiary/aromatic N) is 5. The van der Waals surface area contributed by atoms with Crippen molar-refractivity contribution in [2.75, 3.05) is 13.1 Å². The number of piperidine rings is 1. The Morgan fingerprint density at radius 1 is 1.33 bits per heavy atom. The first-order valence-electron chi connectivity index (χ1n) is 8.83. The molecule has 3 heterocycles. The molecule has 0 bridgehead atoms. The number of rotatable bonds is 5. The monoisotopic (exact) mass is 327 g/mol. The van der Waals surface area contributed by atoms with Crippen molar-refractivity contribution in [1.29, 1.82) is 0 Å². The van der Waals surface area contributed by atoms with Crippen LogP contribution in [0.15, 0.2) is 24.9 Å². The first kappa shape index (κ1) is 16.6. The number of amides is 1. The van der Waals surface area contributed by atoms with E-state index in [1.54, 1.807) is 6.20 Å². The van der Waals surface area contributed by atoms with Gasteiger partial charge in [-0.2, -0.15) is 0 Å². The number of hydrogen-bond acceptors (Lipinski definition) is 4. The number of imidazole rings is 1. The molecule has 0 aromatic carbocycles. The van der Waals surface area contributed by atoms with Gasteiger partial charge in [-0.15, -0.1) is 0 Å². The zero-order chi connectivity index (χ0) is 16.9. The van der Waals surface area contributed by atoms with Crippen molar-refractivity contribution in [2.24, 2.45) is 0 Å². The van der Waals surface area contributed by atoms with Crippen LogP contribution in [0.3, 0.4) is 0 Å². The largest absolute Gasteiger partial charge is 0.338 e. The van der Waals surface area contributed by atoms with Crippen molar-refractivity contribution in [3.05, 3.63) is 42.0 Å². The molecule has 3 rings (SSSR count). The zero-order valence-corrected chi connectivity index (χ0v) is 14.5. The molecule has 1 atom stereocenters. The highest BCUT2D eigenvalue weighted by Gasteiger charge is 2.29. The maximum Gasteiger partial charge on any atom is 0.257 e. The summed E-state index contributed by atoms with van der Waals surface area (Å²) in [6, 6.07) is 0. The molecule has 0 radical (unpaired) electrons. The van der Waals surface area contributed by atoms with E-state index in [2.05, 4.69) is 33.4 Å². The third-order valence-corrected chi connectivity index (χ3v) is 4.67. The summed E-state index contributed by atoms with van der Waals surface area (Å²) in [5, 5.41) is 0. The van der Waals surface area contributed by atoms with E-state index in [0.717, 1.165) is 56.8 Å². The van der Waals surface area contributed by atoms with Crippen molar-refractivity contribution in [3.63, 3.8) is 0 Å². The number of aromatic nitrogens is 4. The lowest BCUT2D eigenvalue weighted by molar-refractivity contribution is 0.0701. The third-order valence-electron chi connectivity index (χ3n) is 4.67. The molecular weight excluding hydrogens is 302 g/mol. The first-order chi connectivity index (χ1) is 11.7. The molecule has 1 saturated heterocycles. The molecule has 0 spiro atoms. The van der Waals surface area contributed by atoms with Gasteiger partial charge in [0, 0.05) is 44.1 Å². The van der Waals surface area contributed by atoms with Gasteiger partial charge in [-0.05, 0) is 26.2 Å². The van der Waals surface area contributed by atoms with Gasteiger partial charge in [-0.1, -0.05) is 13.3 Å². The fourth-order valence-corrected chi connectivity index (χ4v) is 3.46. The average molecular weight is 327 g/mol. The topological polar surface area (TPSA) is 63.9 Å². The van der Waals surface area contributed by atoms with E-state index in [0.29, 0.717) is 11.5 Å². The molecule has 0 N–H and O–H groups in total. The average Bonchev–Trinajstić information content (AvgIpc) is 3.11. The van der Waals surface area contributed by atoms with E-state index in [1.165, 1.54) is 6.33 Å². The Morgan fingerprint density at radius 2 is 2.21 bits per heavy atom. The second-order valence-corrected chi connectivity index (χ2v) is 6.29. The summed E-state index contributed by atoms with van der Waals surface area (Å²) in [5.74, 6) is 1.45. The van der Waals surface area contributed by atoms with E-state index in [-0.39, 0.29) is 5.91 Å². The van der Waals surface area contributed by atoms with Gasteiger partial charge in [0.05, 0.1) is 11.3 Å². The maximum absolute atomic E-state index is 13.0. The predicted molar refractivity (Wildman–Crippen MR) is 91.8 cm³/mol. The van der Waals surface area contributed by atoms with Gasteiger partial charge in [0.2, 0.25) is 0 Å². The van der Waals surface area contributed by atoms with Gasteiger partial charge in [0.1, 0.15) is 12.2 Å². The molecule has 0 unspecified atom stereocenters. The molecule has 0 aliphatic carbocycles. The number of hydrogen-bond donors (Lipinski definition) is 0. The first-order valence-corrected chi connectivity index (χ1v) is 8.83. The van der Waals surface area contributed by atoms with Crippen LogP contribution in [-0.2, 0) is 13.0 Å². The summed E-state index contributed by atoms with van der Waals surface area (Å²) in [4.78, 5) is 27.8. The number of carbonyl (C=O) groups is 1. The molecule has 6 heteroatoms. The lowest BCUT2D eigenvalue weighted by Gasteiger charge is -2.33. The molecule has 0 saturated carbocycles. The highest BCUT2D eigenvalue weighted by atomic mass is 16.2. The second-order valence-electron chi connectivity index (χ2n) is 6.29. The van der Waals surface area contributed by atoms with Gasteiger partial charge in [-0.3, -0.25) is 4.79 Å². The molecule has 2 aromatic rings. The van der Waals surface area contributed by atoms with Crippen LogP contribution in [0, 0.1) is 0 Å². The van der Waals surface area contributed by atoms with Crippen molar-refractivity contribution in [2.45, 2.75) is 52.0 Å². The van der Waals surface area contributed by atoms with Crippen LogP contribution < -0.4 is 0 Å². The Bertz CT molecular complexity index is 696. The molecule has 24 heavy (non-hydrogen) atoms. The highest BCUT2D eigenvalue weighted by molar-refractivity contribution is 5.95. The summed E-state index contributed by atoms with van der Waals surface area (Å²) < 4.78 is 2.17. The molecule has 128 valence electrons. The van der Waals surface area contributed by atoms with E-state index < -0.39 is 0 Å². The molecule has 2 aromatic heterocycles. The Labute approximate surface area is 142 Å². The minimum atomic E-state index is 0.0540. The Hall–Kier alpha value is -2.24. The van der Waals surface area contributed by atoms with Crippen LogP contribution in [0.1, 0.15) is 60.9 Å². The van der Waals surface area contributed by atoms with Gasteiger partial charge in [-0.25, -0.2) is 15.0 Å². The normalized spacial score (nSPS) is 17.9. The van der Waals surface area contributed by atoms with E-state index in [1.807, 2.05) is 17.3 Å². The summed E-state index contributed by atoms with van der Waals surface area (Å²) >= 11 is 0. The summed E-state index contributed by atoms with van der Waals surface area (Å²) in [7, 11) is 0. The van der Waals surface area contributed by atoms with Gasteiger partial charge in [0.15, 0.2) is 0 Å². The smallest absolute Gasteiger partial charge is 0.257 e. The van der Waals surface area contributed by atoms with Gasteiger partial charge < -0.3 is 9.47 Å². The fourth-order valence-electron chi connectivity index (χ4n) is 3.46. The quantitative estimate of drug-likeness (QED) is 0.847. The van der Waals surface area contributed by atoms with E-state index in [4.69, 9.17) is 0 Å². The van der Waals surface area contributed by atoms with E-state index >= 15 is 0 Å². The van der Waals surface area contributed by atoms with Crippen LogP contribution >= 0.6 is 0 Å². The lowest BCUT2D eigenvalue weighted by Crippen LogP contribution is -2.40. The summed E-state index contributed by atoms with van der Waals surface area (Å²) in [5.41, 5.74) is 1.51. The SMILES string of the molecule is CCCc1ncncc1C(=O)N1CCC[C@@H](c2nccn2CC)C1. The van der Waals surface area contributed by atoms with Crippen molar-refractivity contribution < 1.29 is 4.79 Å². The second kappa shape index (κ2) is 7.55. The molecule has 6 nitrogen and oxygen atoms in total. The van der Waals surface area contributed by atoms with Crippen LogP contribution in [0.25, 0.3) is 0 Å². The Kier molecular flexibility index (Phi) is 5.23. The Morgan fingerprint density at radius 3 is 3.00 bits per heavy atom. The molecule has 1 aliphatic rings. The van der Waals surface area contributed by atoms with Crippen LogP contribution in [0.5, 0.6) is 0 Å². The van der Waals surface area contributed by atoms with Crippen molar-refractivity contribution in [1.82, 2.24) is 24.4 Å². The number of likely N-dealkylation sites (tertiary alicyclic amines) is 1. The predicted octanol–water partition coefficient (Wildman–Crippen LogP) is 2.67. The lowest BCUT2D eigenvalue weighted by atomic mass is 9.96. The molecule has 1 amide bonds. The fraction of sp³-hybridized carbons (Fsp3) is 0.556. The zero-order valence-electron chi connectivity index (χ0n) is 14.5. The third kappa shape index (κ3) is 3.32. The van der Waals surface area contributed by atoms with Gasteiger partial charge >= 0.3 is 0 Å². The Balaban J connectivity index is 1.79. The van der Waals surface area contributed by atoms with Crippen LogP contribution in [-0.4, -0.2) is 43.4 Å². The summed E-state index contributed by atoms with van der Waals surface area (Å²) in [6.45, 7) is 6.64. The van der Waals surface area contributed by atoms with Crippen LogP contribution in [0.2, 0.25) is 0 Å². The maximum atomic E-state index is 13.0. The van der Waals surface area contributed by atoms with E-state index in [9.17, 15) is 4.79 Å². The minimum Gasteiger partial charge on any atom is -0.338 e. The van der Waals surface area contributed by atoms with Gasteiger partial charge in [0.25, 0.3) is 5.91 Å². The molecule has 1 aliphatic heterocycles. The van der Waals surface area contributed by atoms with Crippen molar-refractivity contribution in [3.8, 4) is 0 Å². The minimum absolute atomic E-state index is 0.0540. The summed E-state index contributed by atoms with van der Waals surface area (Å²) in [6.07, 6.45) is 10.9. The van der Waals surface area contributed by atoms with Crippen molar-refractivity contribution >= 4 is 5.91 Å². The number of aryl methyl sites for hydroxylation is 2. The molecular formula is C18H25N5O. The standard InChI is InChI=1S/C18H25N5O/c1-3-6-16-15(11-19-13-21-16)18(24)23-9-5-7-14(12-23)17-20-8-10-22(17)4-2/h8,10-11,13-14H,3-7,9,12H2,1-2H3/t14-/m1/s1. The number of carbonyl (C=O) groups excluding carboxylic acids is 1. The highest BCUT2D eigenvalue weighted by Crippen LogP contribution is 2.27. The van der Waals surface area contributed by atoms with Crippen LogP contribution in [0.4, 0.5) is 0 Å². The molecule has 1 fully saturated rings.